The molecule has 1 saturated carbocycles. The first-order chi connectivity index (χ1) is 13.6. The topological polar surface area (TPSA) is 73.8 Å². The highest BCUT2D eigenvalue weighted by Crippen LogP contribution is 2.44. The Morgan fingerprint density at radius 2 is 1.93 bits per heavy atom. The first-order valence-electron chi connectivity index (χ1n) is 10.2. The molecule has 3 rings (SSSR count). The molecule has 1 saturated heterocycles. The van der Waals surface area contributed by atoms with Crippen LogP contribution in [0.4, 0.5) is 0 Å². The second-order valence-corrected chi connectivity index (χ2v) is 8.95. The van der Waals surface area contributed by atoms with Gasteiger partial charge in [0.1, 0.15) is 5.82 Å². The van der Waals surface area contributed by atoms with E-state index in [4.69, 9.17) is 0 Å². The minimum atomic E-state index is -0.689. The highest BCUT2D eigenvalue weighted by atomic mass is 16.2. The number of nitrogens with zero attached hydrogens (tertiary/aromatic N) is 2. The van der Waals surface area contributed by atoms with Gasteiger partial charge in [-0.3, -0.25) is 9.59 Å². The van der Waals surface area contributed by atoms with Crippen molar-refractivity contribution in [1.82, 2.24) is 15.5 Å². The maximum absolute atomic E-state index is 13.5. The highest BCUT2D eigenvalue weighted by molar-refractivity contribution is 6.00. The molecule has 2 amide bonds. The van der Waals surface area contributed by atoms with Crippen molar-refractivity contribution in [2.24, 2.45) is 10.4 Å². The lowest BCUT2D eigenvalue weighted by Crippen LogP contribution is -2.39. The third-order valence-electron chi connectivity index (χ3n) is 6.44. The van der Waals surface area contributed by atoms with Crippen LogP contribution in [0.3, 0.4) is 0 Å². The van der Waals surface area contributed by atoms with Crippen molar-refractivity contribution >= 4 is 18.5 Å². The molecule has 1 spiro atoms. The third-order valence-corrected chi connectivity index (χ3v) is 6.44. The van der Waals surface area contributed by atoms with Gasteiger partial charge in [-0.05, 0) is 66.2 Å². The molecule has 29 heavy (non-hydrogen) atoms. The van der Waals surface area contributed by atoms with Gasteiger partial charge in [-0.2, -0.15) is 0 Å². The number of likely N-dealkylation sites (tertiary alicyclic amines) is 1. The Balaban J connectivity index is 1.90. The minimum Gasteiger partial charge on any atom is -0.365 e. The van der Waals surface area contributed by atoms with Gasteiger partial charge in [-0.1, -0.05) is 18.2 Å². The van der Waals surface area contributed by atoms with Crippen molar-refractivity contribution in [1.29, 1.82) is 0 Å². The molecule has 0 bridgehead atoms. The number of carbonyl (C=O) groups is 2. The zero-order valence-electron chi connectivity index (χ0n) is 18.2. The minimum absolute atomic E-state index is 0.0361. The van der Waals surface area contributed by atoms with Crippen molar-refractivity contribution < 1.29 is 9.59 Å². The Morgan fingerprint density at radius 3 is 2.45 bits per heavy atom. The number of hydrogen-bond acceptors (Lipinski definition) is 4. The Morgan fingerprint density at radius 1 is 1.28 bits per heavy atom. The van der Waals surface area contributed by atoms with Crippen LogP contribution in [0.25, 0.3) is 0 Å². The van der Waals surface area contributed by atoms with Gasteiger partial charge in [-0.25, -0.2) is 4.99 Å². The molecule has 3 aliphatic rings. The van der Waals surface area contributed by atoms with Crippen LogP contribution in [0.5, 0.6) is 0 Å². The lowest BCUT2D eigenvalue weighted by molar-refractivity contribution is -0.128. The van der Waals surface area contributed by atoms with Gasteiger partial charge in [0, 0.05) is 35.5 Å². The lowest BCUT2D eigenvalue weighted by atomic mass is 9.80. The third kappa shape index (κ3) is 3.56. The molecule has 2 heterocycles. The molecule has 1 atom stereocenters. The maximum Gasteiger partial charge on any atom is 0.254 e. The fourth-order valence-corrected chi connectivity index (χ4v) is 4.45. The standard InChI is InChI=1S/C23H32N4O2/c1-8-17-16(5)25-21(29)23(17)11-12-27(13-23)20(28)18(14(2)3)15(4)19(24-7)26-22(6)9-10-22/h8,26H,1,7,9-13H2,2-6H3,(H,25,29)/b19-15-. The normalized spacial score (nSPS) is 25.6. The van der Waals surface area contributed by atoms with E-state index in [9.17, 15) is 9.59 Å². The molecule has 0 aromatic heterocycles. The second kappa shape index (κ2) is 7.32. The summed E-state index contributed by atoms with van der Waals surface area (Å²) in [5.74, 6) is 0.552. The molecule has 2 fully saturated rings. The van der Waals surface area contributed by atoms with E-state index in [0.717, 1.165) is 35.3 Å². The quantitative estimate of drug-likeness (QED) is 0.411. The molecule has 1 aliphatic carbocycles. The monoisotopic (exact) mass is 396 g/mol. The van der Waals surface area contributed by atoms with Crippen LogP contribution in [0.1, 0.15) is 53.9 Å². The average molecular weight is 397 g/mol. The molecular formula is C23H32N4O2. The van der Waals surface area contributed by atoms with E-state index >= 15 is 0 Å². The smallest absolute Gasteiger partial charge is 0.254 e. The van der Waals surface area contributed by atoms with E-state index in [2.05, 4.69) is 35.8 Å². The zero-order chi connectivity index (χ0) is 21.6. The van der Waals surface area contributed by atoms with Gasteiger partial charge in [0.2, 0.25) is 5.91 Å². The van der Waals surface area contributed by atoms with Crippen LogP contribution in [0.15, 0.2) is 51.5 Å². The number of hydrogen-bond donors (Lipinski definition) is 2. The summed E-state index contributed by atoms with van der Waals surface area (Å²) in [5, 5.41) is 6.36. The molecule has 6 nitrogen and oxygen atoms in total. The van der Waals surface area contributed by atoms with E-state index in [1.807, 2.05) is 27.7 Å². The number of aliphatic imine (C=N–C) groups is 1. The van der Waals surface area contributed by atoms with E-state index < -0.39 is 5.41 Å². The van der Waals surface area contributed by atoms with E-state index in [1.54, 1.807) is 11.0 Å². The summed E-state index contributed by atoms with van der Waals surface area (Å²) in [5.41, 5.74) is 3.44. The summed E-state index contributed by atoms with van der Waals surface area (Å²) in [4.78, 5) is 32.2. The van der Waals surface area contributed by atoms with Crippen molar-refractivity contribution in [3.8, 4) is 0 Å². The molecule has 1 unspecified atom stereocenters. The first-order valence-corrected chi connectivity index (χ1v) is 10.2. The van der Waals surface area contributed by atoms with Crippen molar-refractivity contribution in [3.63, 3.8) is 0 Å². The van der Waals surface area contributed by atoms with Crippen LogP contribution in [-0.4, -0.2) is 42.1 Å². The Bertz CT molecular complexity index is 885. The number of rotatable bonds is 6. The van der Waals surface area contributed by atoms with Gasteiger partial charge in [0.05, 0.1) is 5.41 Å². The average Bonchev–Trinajstić information content (AvgIpc) is 3.12. The van der Waals surface area contributed by atoms with E-state index in [-0.39, 0.29) is 17.4 Å². The molecule has 0 aromatic carbocycles. The summed E-state index contributed by atoms with van der Waals surface area (Å²) in [7, 11) is 0. The van der Waals surface area contributed by atoms with Crippen LogP contribution < -0.4 is 10.6 Å². The molecule has 0 radical (unpaired) electrons. The molecular weight excluding hydrogens is 364 g/mol. The van der Waals surface area contributed by atoms with E-state index in [1.165, 1.54) is 0 Å². The fraction of sp³-hybridized carbons (Fsp3) is 0.522. The molecule has 6 heteroatoms. The van der Waals surface area contributed by atoms with Crippen molar-refractivity contribution in [2.45, 2.75) is 59.4 Å². The number of nitrogens with one attached hydrogen (secondary N) is 2. The maximum atomic E-state index is 13.5. The summed E-state index contributed by atoms with van der Waals surface area (Å²) >= 11 is 0. The molecule has 0 aromatic rings. The van der Waals surface area contributed by atoms with Gasteiger partial charge in [-0.15, -0.1) is 0 Å². The van der Waals surface area contributed by atoms with Gasteiger partial charge >= 0.3 is 0 Å². The predicted octanol–water partition coefficient (Wildman–Crippen LogP) is 3.21. The van der Waals surface area contributed by atoms with E-state index in [0.29, 0.717) is 30.9 Å². The summed E-state index contributed by atoms with van der Waals surface area (Å²) in [6.07, 6.45) is 4.51. The second-order valence-electron chi connectivity index (χ2n) is 8.95. The molecule has 2 N–H and O–H groups in total. The zero-order valence-corrected chi connectivity index (χ0v) is 18.2. The van der Waals surface area contributed by atoms with Crippen LogP contribution in [-0.2, 0) is 9.59 Å². The predicted molar refractivity (Wildman–Crippen MR) is 116 cm³/mol. The number of carbonyl (C=O) groups excluding carboxylic acids is 2. The summed E-state index contributed by atoms with van der Waals surface area (Å²) in [6, 6.07) is 0. The summed E-state index contributed by atoms with van der Waals surface area (Å²) in [6.45, 7) is 18.3. The van der Waals surface area contributed by atoms with Crippen molar-refractivity contribution in [3.05, 3.63) is 46.5 Å². The Labute approximate surface area is 173 Å². The highest BCUT2D eigenvalue weighted by Gasteiger charge is 2.52. The van der Waals surface area contributed by atoms with Crippen LogP contribution >= 0.6 is 0 Å². The SMILES string of the molecule is C=CC1=C(C)NC(=O)C12CCN(C(=O)C(=C(C)C)/C(C)=C(/N=C)NC1(C)CC1)C2. The molecule has 2 aliphatic heterocycles. The van der Waals surface area contributed by atoms with Crippen molar-refractivity contribution in [2.75, 3.05) is 13.1 Å². The van der Waals surface area contributed by atoms with Gasteiger partial charge < -0.3 is 15.5 Å². The van der Waals surface area contributed by atoms with Crippen LogP contribution in [0, 0.1) is 5.41 Å². The van der Waals surface area contributed by atoms with Gasteiger partial charge in [0.15, 0.2) is 0 Å². The Hall–Kier alpha value is -2.63. The first kappa shape index (κ1) is 21.1. The van der Waals surface area contributed by atoms with Crippen LogP contribution in [0.2, 0.25) is 0 Å². The lowest BCUT2D eigenvalue weighted by Gasteiger charge is -2.25. The summed E-state index contributed by atoms with van der Waals surface area (Å²) < 4.78 is 0. The number of amides is 2. The number of allylic oxidation sites excluding steroid dienone is 3. The largest absolute Gasteiger partial charge is 0.365 e. The molecule has 156 valence electrons. The van der Waals surface area contributed by atoms with Gasteiger partial charge in [0.25, 0.3) is 5.91 Å². The fourth-order valence-electron chi connectivity index (χ4n) is 4.45. The Kier molecular flexibility index (Phi) is 5.32.